The van der Waals surface area contributed by atoms with E-state index in [1.165, 1.54) is 128 Å². The minimum atomic E-state index is -4.59. The molecule has 0 bridgehead atoms. The number of carbonyl (C=O) groups is 1. The molecule has 0 aliphatic heterocycles. The number of rotatable bonds is 39. The maximum atomic E-state index is 12.8. The van der Waals surface area contributed by atoms with E-state index in [1.54, 1.807) is 6.08 Å². The molecule has 0 aliphatic rings. The summed E-state index contributed by atoms with van der Waals surface area (Å²) in [6.07, 6.45) is 43.3. The number of hydrogen-bond donors (Lipinski definition) is 2. The van der Waals surface area contributed by atoms with Crippen LogP contribution in [0.15, 0.2) is 36.5 Å². The van der Waals surface area contributed by atoms with Crippen molar-refractivity contribution in [2.45, 2.75) is 199 Å². The highest BCUT2D eigenvalue weighted by Gasteiger charge is 2.23. The van der Waals surface area contributed by atoms with E-state index in [-0.39, 0.29) is 12.5 Å². The SMILES string of the molecule is CCCCCCCCC/C=C\CCCCCCCCCC(=O)NC(COP(=O)([O-])OCC[N+](C)(C)C)C(O)/C=C/CC/C=C/CCCCCCCCC. The van der Waals surface area contributed by atoms with E-state index in [1.807, 2.05) is 27.2 Å². The highest BCUT2D eigenvalue weighted by Crippen LogP contribution is 2.38. The Kier molecular flexibility index (Phi) is 35.5. The molecule has 1 amide bonds. The second-order valence-corrected chi connectivity index (χ2v) is 17.4. The minimum Gasteiger partial charge on any atom is -0.756 e. The van der Waals surface area contributed by atoms with Gasteiger partial charge < -0.3 is 28.8 Å². The molecule has 9 heteroatoms. The van der Waals surface area contributed by atoms with Crippen LogP contribution in [0, 0.1) is 0 Å². The van der Waals surface area contributed by atoms with Crippen LogP contribution in [0.1, 0.15) is 187 Å². The van der Waals surface area contributed by atoms with Crippen LogP contribution in [0.5, 0.6) is 0 Å². The number of quaternary nitrogens is 1. The molecule has 0 aromatic rings. The summed E-state index contributed by atoms with van der Waals surface area (Å²) in [6.45, 7) is 4.60. The van der Waals surface area contributed by atoms with Gasteiger partial charge in [0.25, 0.3) is 7.82 Å². The van der Waals surface area contributed by atoms with Crippen molar-refractivity contribution in [1.82, 2.24) is 5.32 Å². The fourth-order valence-electron chi connectivity index (χ4n) is 6.04. The first kappa shape index (κ1) is 51.7. The summed E-state index contributed by atoms with van der Waals surface area (Å²) in [5.41, 5.74) is 0. The molecule has 312 valence electrons. The summed E-state index contributed by atoms with van der Waals surface area (Å²) in [7, 11) is 1.24. The van der Waals surface area contributed by atoms with Crippen LogP contribution in [0.4, 0.5) is 0 Å². The van der Waals surface area contributed by atoms with Crippen molar-refractivity contribution in [2.75, 3.05) is 40.9 Å². The molecular weight excluding hydrogens is 683 g/mol. The molecule has 0 saturated heterocycles. The molecule has 8 nitrogen and oxygen atoms in total. The lowest BCUT2D eigenvalue weighted by atomic mass is 10.1. The number of phosphoric acid groups is 1. The fraction of sp³-hybridized carbons (Fsp3) is 0.841. The van der Waals surface area contributed by atoms with Gasteiger partial charge in [0.05, 0.1) is 39.9 Å². The van der Waals surface area contributed by atoms with Crippen LogP contribution >= 0.6 is 7.82 Å². The van der Waals surface area contributed by atoms with Gasteiger partial charge in [-0.15, -0.1) is 0 Å². The second kappa shape index (κ2) is 36.4. The van der Waals surface area contributed by atoms with Gasteiger partial charge in [0.2, 0.25) is 5.91 Å². The van der Waals surface area contributed by atoms with Gasteiger partial charge >= 0.3 is 0 Å². The number of carbonyl (C=O) groups excluding carboxylic acids is 1. The third-order valence-electron chi connectivity index (χ3n) is 9.57. The normalized spacial score (nSPS) is 14.8. The molecule has 0 rings (SSSR count). The number of nitrogens with zero attached hydrogens (tertiary/aromatic N) is 1. The molecule has 3 atom stereocenters. The smallest absolute Gasteiger partial charge is 0.268 e. The molecule has 2 N–H and O–H groups in total. The first-order valence-electron chi connectivity index (χ1n) is 21.9. The van der Waals surface area contributed by atoms with Crippen LogP contribution in [0.3, 0.4) is 0 Å². The predicted octanol–water partition coefficient (Wildman–Crippen LogP) is 11.3. The Bertz CT molecular complexity index is 964. The zero-order chi connectivity index (χ0) is 39.3. The van der Waals surface area contributed by atoms with Gasteiger partial charge in [-0.3, -0.25) is 9.36 Å². The van der Waals surface area contributed by atoms with E-state index in [0.29, 0.717) is 17.4 Å². The zero-order valence-corrected chi connectivity index (χ0v) is 36.1. The topological polar surface area (TPSA) is 108 Å². The molecule has 0 aromatic carbocycles. The van der Waals surface area contributed by atoms with E-state index >= 15 is 0 Å². The molecule has 0 heterocycles. The molecule has 0 fully saturated rings. The van der Waals surface area contributed by atoms with Crippen molar-refractivity contribution >= 4 is 13.7 Å². The summed E-state index contributed by atoms with van der Waals surface area (Å²) in [4.78, 5) is 25.2. The lowest BCUT2D eigenvalue weighted by Crippen LogP contribution is -2.45. The van der Waals surface area contributed by atoms with Gasteiger partial charge in [-0.1, -0.05) is 159 Å². The third kappa shape index (κ3) is 38.8. The Balaban J connectivity index is 4.45. The Morgan fingerprint density at radius 3 is 1.53 bits per heavy atom. The van der Waals surface area contributed by atoms with Crippen molar-refractivity contribution in [2.24, 2.45) is 0 Å². The standard InChI is InChI=1S/C44H85N2O6P/c1-6-8-10-12-14-16-18-20-21-22-23-24-26-28-30-32-34-36-38-44(48)45-42(41-52-53(49,50)51-40-39-46(3,4)5)43(47)37-35-33-31-29-27-25-19-17-15-13-11-9-7-2/h21-22,27,29,35,37,42-43,47H,6-20,23-26,28,30-34,36,38-41H2,1-5H3,(H-,45,48,49,50)/b22-21-,29-27+,37-35+. The lowest BCUT2D eigenvalue weighted by Gasteiger charge is -2.29. The Morgan fingerprint density at radius 2 is 1.06 bits per heavy atom. The van der Waals surface area contributed by atoms with E-state index in [9.17, 15) is 19.4 Å². The van der Waals surface area contributed by atoms with Crippen LogP contribution in [-0.2, 0) is 18.4 Å². The first-order valence-corrected chi connectivity index (χ1v) is 23.3. The summed E-state index contributed by atoms with van der Waals surface area (Å²) in [5.74, 6) is -0.214. The van der Waals surface area contributed by atoms with Crippen molar-refractivity contribution in [1.29, 1.82) is 0 Å². The third-order valence-corrected chi connectivity index (χ3v) is 10.5. The highest BCUT2D eigenvalue weighted by atomic mass is 31.2. The Hall–Kier alpha value is -1.28. The zero-order valence-electron chi connectivity index (χ0n) is 35.2. The molecule has 0 saturated carbocycles. The number of allylic oxidation sites excluding steroid dienone is 5. The number of amides is 1. The number of likely N-dealkylation sites (N-methyl/N-ethyl adjacent to an activating group) is 1. The van der Waals surface area contributed by atoms with E-state index < -0.39 is 26.6 Å². The van der Waals surface area contributed by atoms with Gasteiger partial charge in [0, 0.05) is 6.42 Å². The van der Waals surface area contributed by atoms with Gasteiger partial charge in [-0.05, 0) is 57.8 Å². The van der Waals surface area contributed by atoms with Gasteiger partial charge in [0.15, 0.2) is 0 Å². The van der Waals surface area contributed by atoms with E-state index in [2.05, 4.69) is 43.5 Å². The highest BCUT2D eigenvalue weighted by molar-refractivity contribution is 7.45. The van der Waals surface area contributed by atoms with E-state index in [4.69, 9.17) is 9.05 Å². The average molecular weight is 769 g/mol. The number of nitrogens with one attached hydrogen (secondary N) is 1. The van der Waals surface area contributed by atoms with Crippen LogP contribution < -0.4 is 10.2 Å². The summed E-state index contributed by atoms with van der Waals surface area (Å²) >= 11 is 0. The lowest BCUT2D eigenvalue weighted by molar-refractivity contribution is -0.870. The van der Waals surface area contributed by atoms with Crippen molar-refractivity contribution < 1.29 is 32.9 Å². The van der Waals surface area contributed by atoms with Crippen molar-refractivity contribution in [3.05, 3.63) is 36.5 Å². The van der Waals surface area contributed by atoms with Gasteiger partial charge in [0.1, 0.15) is 13.2 Å². The fourth-order valence-corrected chi connectivity index (χ4v) is 6.77. The molecule has 0 radical (unpaired) electrons. The van der Waals surface area contributed by atoms with Crippen molar-refractivity contribution in [3.8, 4) is 0 Å². The van der Waals surface area contributed by atoms with Crippen molar-refractivity contribution in [3.63, 3.8) is 0 Å². The molecule has 0 spiro atoms. The maximum Gasteiger partial charge on any atom is 0.268 e. The quantitative estimate of drug-likeness (QED) is 0.0279. The molecular formula is C44H85N2O6P. The molecule has 3 unspecified atom stereocenters. The van der Waals surface area contributed by atoms with E-state index in [0.717, 1.165) is 38.5 Å². The summed E-state index contributed by atoms with van der Waals surface area (Å²) < 4.78 is 23.1. The Morgan fingerprint density at radius 1 is 0.642 bits per heavy atom. The second-order valence-electron chi connectivity index (χ2n) is 16.0. The number of aliphatic hydroxyl groups is 1. The number of aliphatic hydroxyl groups excluding tert-OH is 1. The maximum absolute atomic E-state index is 12.8. The number of unbranched alkanes of at least 4 members (excludes halogenated alkanes) is 22. The molecule has 53 heavy (non-hydrogen) atoms. The first-order chi connectivity index (χ1) is 25.5. The monoisotopic (exact) mass is 769 g/mol. The summed E-state index contributed by atoms with van der Waals surface area (Å²) in [5, 5.41) is 13.7. The van der Waals surface area contributed by atoms with Gasteiger partial charge in [-0.2, -0.15) is 0 Å². The van der Waals surface area contributed by atoms with Crippen LogP contribution in [-0.4, -0.2) is 68.5 Å². The molecule has 0 aromatic heterocycles. The van der Waals surface area contributed by atoms with Crippen LogP contribution in [0.2, 0.25) is 0 Å². The average Bonchev–Trinajstić information content (AvgIpc) is 3.10. The van der Waals surface area contributed by atoms with Crippen LogP contribution in [0.25, 0.3) is 0 Å². The molecule has 0 aliphatic carbocycles. The number of phosphoric ester groups is 1. The minimum absolute atomic E-state index is 0.00730. The predicted molar refractivity (Wildman–Crippen MR) is 224 cm³/mol. The number of hydrogen-bond acceptors (Lipinski definition) is 6. The summed E-state index contributed by atoms with van der Waals surface area (Å²) in [6, 6.07) is -0.902. The largest absolute Gasteiger partial charge is 0.756 e. The van der Waals surface area contributed by atoms with Gasteiger partial charge in [-0.25, -0.2) is 0 Å². The Labute approximate surface area is 327 Å².